The fraction of sp³-hybridized carbons (Fsp3) is 0.429. The van der Waals surface area contributed by atoms with Crippen LogP contribution in [0.3, 0.4) is 0 Å². The Kier molecular flexibility index (Phi) is 4.47. The summed E-state index contributed by atoms with van der Waals surface area (Å²) < 4.78 is 0. The molecule has 1 fully saturated rings. The van der Waals surface area contributed by atoms with E-state index in [0.29, 0.717) is 5.56 Å². The summed E-state index contributed by atoms with van der Waals surface area (Å²) in [4.78, 5) is 11.7. The fourth-order valence-electron chi connectivity index (χ4n) is 2.05. The van der Waals surface area contributed by atoms with E-state index in [1.807, 2.05) is 6.07 Å². The lowest BCUT2D eigenvalue weighted by atomic mass is 9.99. The summed E-state index contributed by atoms with van der Waals surface area (Å²) in [6.45, 7) is 0. The third kappa shape index (κ3) is 3.40. The zero-order valence-corrected chi connectivity index (χ0v) is 10.3. The number of nitrogens with zero attached hydrogens (tertiary/aromatic N) is 1. The predicted molar refractivity (Wildman–Crippen MR) is 70.1 cm³/mol. The molecule has 96 valence electrons. The molecule has 1 atom stereocenters. The molecule has 4 nitrogen and oxygen atoms in total. The molecule has 0 bridgehead atoms. The van der Waals surface area contributed by atoms with Crippen molar-refractivity contribution in [3.05, 3.63) is 35.9 Å². The van der Waals surface area contributed by atoms with Crippen molar-refractivity contribution in [1.82, 2.24) is 5.43 Å². The van der Waals surface area contributed by atoms with E-state index in [1.165, 1.54) is 6.42 Å². The summed E-state index contributed by atoms with van der Waals surface area (Å²) in [5, 5.41) is 13.9. The van der Waals surface area contributed by atoms with Crippen molar-refractivity contribution in [1.29, 1.82) is 0 Å². The molecule has 0 radical (unpaired) electrons. The van der Waals surface area contributed by atoms with Gasteiger partial charge in [0, 0.05) is 5.71 Å². The van der Waals surface area contributed by atoms with Gasteiger partial charge >= 0.3 is 0 Å². The van der Waals surface area contributed by atoms with Gasteiger partial charge in [0.05, 0.1) is 0 Å². The Hall–Kier alpha value is -1.68. The topological polar surface area (TPSA) is 61.7 Å². The number of aliphatic hydroxyl groups excluding tert-OH is 1. The van der Waals surface area contributed by atoms with Crippen LogP contribution in [0, 0.1) is 0 Å². The second kappa shape index (κ2) is 6.31. The summed E-state index contributed by atoms with van der Waals surface area (Å²) >= 11 is 0. The van der Waals surface area contributed by atoms with Crippen LogP contribution in [-0.2, 0) is 4.79 Å². The second-order valence-corrected chi connectivity index (χ2v) is 4.53. The Morgan fingerprint density at radius 2 is 1.83 bits per heavy atom. The first kappa shape index (κ1) is 12.8. The fourth-order valence-corrected chi connectivity index (χ4v) is 2.05. The monoisotopic (exact) mass is 246 g/mol. The highest BCUT2D eigenvalue weighted by atomic mass is 16.3. The summed E-state index contributed by atoms with van der Waals surface area (Å²) in [5.41, 5.74) is 4.05. The van der Waals surface area contributed by atoms with Crippen molar-refractivity contribution in [2.24, 2.45) is 5.10 Å². The van der Waals surface area contributed by atoms with Gasteiger partial charge in [-0.25, -0.2) is 5.43 Å². The largest absolute Gasteiger partial charge is 0.378 e. The molecule has 1 aromatic rings. The van der Waals surface area contributed by atoms with E-state index >= 15 is 0 Å². The number of hydrogen-bond donors (Lipinski definition) is 2. The van der Waals surface area contributed by atoms with E-state index in [-0.39, 0.29) is 0 Å². The van der Waals surface area contributed by atoms with Crippen LogP contribution in [0.5, 0.6) is 0 Å². The van der Waals surface area contributed by atoms with Crippen molar-refractivity contribution in [3.63, 3.8) is 0 Å². The minimum atomic E-state index is -1.15. The van der Waals surface area contributed by atoms with Crippen molar-refractivity contribution >= 4 is 11.6 Å². The molecule has 0 aromatic heterocycles. The summed E-state index contributed by atoms with van der Waals surface area (Å²) in [5.74, 6) is -0.473. The number of hydrogen-bond acceptors (Lipinski definition) is 3. The van der Waals surface area contributed by atoms with E-state index in [0.717, 1.165) is 31.4 Å². The number of carbonyl (C=O) groups excluding carboxylic acids is 1. The van der Waals surface area contributed by atoms with Gasteiger partial charge in [0.2, 0.25) is 0 Å². The van der Waals surface area contributed by atoms with Crippen molar-refractivity contribution in [3.8, 4) is 0 Å². The van der Waals surface area contributed by atoms with Crippen LogP contribution in [0.1, 0.15) is 43.8 Å². The van der Waals surface area contributed by atoms with Crippen LogP contribution in [0.25, 0.3) is 0 Å². The predicted octanol–water partition coefficient (Wildman–Crippen LogP) is 2.16. The molecular formula is C14H18N2O2. The van der Waals surface area contributed by atoms with Crippen LogP contribution in [0.4, 0.5) is 0 Å². The van der Waals surface area contributed by atoms with Crippen LogP contribution in [-0.4, -0.2) is 16.7 Å². The number of nitrogens with one attached hydrogen (secondary N) is 1. The van der Waals surface area contributed by atoms with E-state index in [2.05, 4.69) is 10.5 Å². The molecule has 1 unspecified atom stereocenters. The van der Waals surface area contributed by atoms with E-state index in [9.17, 15) is 9.90 Å². The van der Waals surface area contributed by atoms with Gasteiger partial charge in [-0.15, -0.1) is 0 Å². The Balaban J connectivity index is 1.91. The third-order valence-corrected chi connectivity index (χ3v) is 3.12. The van der Waals surface area contributed by atoms with Gasteiger partial charge in [-0.3, -0.25) is 4.79 Å². The molecule has 1 aromatic carbocycles. The number of aliphatic hydroxyl groups is 1. The zero-order valence-electron chi connectivity index (χ0n) is 10.3. The Morgan fingerprint density at radius 3 is 2.50 bits per heavy atom. The molecule has 0 heterocycles. The number of rotatable bonds is 3. The number of hydrazone groups is 1. The maximum Gasteiger partial charge on any atom is 0.273 e. The number of benzene rings is 1. The second-order valence-electron chi connectivity index (χ2n) is 4.53. The molecular weight excluding hydrogens is 228 g/mol. The van der Waals surface area contributed by atoms with E-state index in [4.69, 9.17) is 0 Å². The number of amides is 1. The van der Waals surface area contributed by atoms with Gasteiger partial charge in [-0.2, -0.15) is 5.10 Å². The molecule has 1 aliphatic rings. The molecule has 1 aliphatic carbocycles. The van der Waals surface area contributed by atoms with Gasteiger partial charge in [-0.05, 0) is 31.2 Å². The first-order chi connectivity index (χ1) is 8.77. The van der Waals surface area contributed by atoms with E-state index < -0.39 is 12.0 Å². The average molecular weight is 246 g/mol. The highest BCUT2D eigenvalue weighted by Gasteiger charge is 2.16. The molecule has 2 N–H and O–H groups in total. The van der Waals surface area contributed by atoms with Crippen LogP contribution >= 0.6 is 0 Å². The molecule has 1 saturated carbocycles. The van der Waals surface area contributed by atoms with Crippen molar-refractivity contribution in [2.45, 2.75) is 38.2 Å². The highest BCUT2D eigenvalue weighted by molar-refractivity contribution is 5.88. The molecule has 0 aliphatic heterocycles. The minimum Gasteiger partial charge on any atom is -0.378 e. The van der Waals surface area contributed by atoms with Gasteiger partial charge in [0.25, 0.3) is 5.91 Å². The maximum atomic E-state index is 11.7. The van der Waals surface area contributed by atoms with Gasteiger partial charge < -0.3 is 5.11 Å². The van der Waals surface area contributed by atoms with Crippen LogP contribution in [0.2, 0.25) is 0 Å². The molecule has 2 rings (SSSR count). The average Bonchev–Trinajstić information content (AvgIpc) is 2.46. The van der Waals surface area contributed by atoms with Crippen molar-refractivity contribution < 1.29 is 9.90 Å². The van der Waals surface area contributed by atoms with Crippen LogP contribution in [0.15, 0.2) is 35.4 Å². The van der Waals surface area contributed by atoms with Gasteiger partial charge in [-0.1, -0.05) is 36.8 Å². The van der Waals surface area contributed by atoms with Crippen LogP contribution < -0.4 is 5.43 Å². The maximum absolute atomic E-state index is 11.7. The SMILES string of the molecule is O=C(NN=C1CCCCC1)C(O)c1ccccc1. The molecule has 4 heteroatoms. The smallest absolute Gasteiger partial charge is 0.273 e. The Labute approximate surface area is 107 Å². The molecule has 0 spiro atoms. The summed E-state index contributed by atoms with van der Waals surface area (Å²) in [6, 6.07) is 8.87. The zero-order chi connectivity index (χ0) is 12.8. The quantitative estimate of drug-likeness (QED) is 0.803. The molecule has 18 heavy (non-hydrogen) atoms. The lowest BCUT2D eigenvalue weighted by Gasteiger charge is -2.13. The lowest BCUT2D eigenvalue weighted by molar-refractivity contribution is -0.129. The minimum absolute atomic E-state index is 0.473. The van der Waals surface area contributed by atoms with Gasteiger partial charge in [0.15, 0.2) is 6.10 Å². The Bertz CT molecular complexity index is 421. The highest BCUT2D eigenvalue weighted by Crippen LogP contribution is 2.15. The first-order valence-corrected chi connectivity index (χ1v) is 6.35. The van der Waals surface area contributed by atoms with Crippen molar-refractivity contribution in [2.75, 3.05) is 0 Å². The molecule has 0 saturated heterocycles. The summed E-state index contributed by atoms with van der Waals surface area (Å²) in [6.07, 6.45) is 4.24. The normalized spacial score (nSPS) is 17.1. The van der Waals surface area contributed by atoms with Gasteiger partial charge in [0.1, 0.15) is 0 Å². The standard InChI is InChI=1S/C14H18N2O2/c17-13(11-7-3-1-4-8-11)14(18)16-15-12-9-5-2-6-10-12/h1,3-4,7-8,13,17H,2,5-6,9-10H2,(H,16,18). The third-order valence-electron chi connectivity index (χ3n) is 3.12. The van der Waals surface area contributed by atoms with E-state index in [1.54, 1.807) is 24.3 Å². The molecule has 1 amide bonds. The summed E-state index contributed by atoms with van der Waals surface area (Å²) in [7, 11) is 0. The lowest BCUT2D eigenvalue weighted by Crippen LogP contribution is -2.26. The Morgan fingerprint density at radius 1 is 1.17 bits per heavy atom. The first-order valence-electron chi connectivity index (χ1n) is 6.35. The number of carbonyl (C=O) groups is 1.